The zero-order valence-electron chi connectivity index (χ0n) is 13.3. The average molecular weight is 359 g/mol. The Bertz CT molecular complexity index is 903. The maximum atomic E-state index is 13.1. The number of nitrogens with zero attached hydrogens (tertiary/aromatic N) is 2. The first-order valence-corrected chi connectivity index (χ1v) is 8.19. The van der Waals surface area contributed by atoms with E-state index in [1.165, 1.54) is 24.5 Å². The van der Waals surface area contributed by atoms with Gasteiger partial charge in [-0.25, -0.2) is 14.4 Å². The first kappa shape index (κ1) is 17.1. The van der Waals surface area contributed by atoms with E-state index < -0.39 is 5.82 Å². The smallest absolute Gasteiger partial charge is 0.251 e. The number of nitrogens with one attached hydrogen (secondary N) is 2. The summed E-state index contributed by atoms with van der Waals surface area (Å²) in [6.45, 7) is 1.09. The first-order chi connectivity index (χ1) is 12.1. The second kappa shape index (κ2) is 7.90. The molecule has 0 atom stereocenters. The van der Waals surface area contributed by atoms with Crippen molar-refractivity contribution in [3.05, 3.63) is 65.2 Å². The molecule has 0 aliphatic rings. The van der Waals surface area contributed by atoms with Crippen LogP contribution in [0, 0.1) is 5.82 Å². The minimum atomic E-state index is -0.426. The second-order valence-electron chi connectivity index (χ2n) is 5.43. The molecule has 1 amide bonds. The highest BCUT2D eigenvalue weighted by Gasteiger charge is 2.06. The molecule has 0 unspecified atom stereocenters. The highest BCUT2D eigenvalue weighted by Crippen LogP contribution is 2.22. The Morgan fingerprint density at radius 2 is 2.00 bits per heavy atom. The van der Waals surface area contributed by atoms with Gasteiger partial charge in [-0.15, -0.1) is 0 Å². The normalized spacial score (nSPS) is 10.6. The van der Waals surface area contributed by atoms with E-state index in [-0.39, 0.29) is 5.91 Å². The maximum absolute atomic E-state index is 13.1. The summed E-state index contributed by atoms with van der Waals surface area (Å²) in [7, 11) is 0. The number of carbonyl (C=O) groups is 1. The molecule has 0 aliphatic carbocycles. The van der Waals surface area contributed by atoms with Gasteiger partial charge in [0, 0.05) is 29.1 Å². The molecule has 1 aromatic heterocycles. The third-order valence-corrected chi connectivity index (χ3v) is 3.85. The third kappa shape index (κ3) is 4.42. The summed E-state index contributed by atoms with van der Waals surface area (Å²) in [4.78, 5) is 20.3. The molecule has 25 heavy (non-hydrogen) atoms. The third-order valence-electron chi connectivity index (χ3n) is 3.62. The molecule has 0 fully saturated rings. The van der Waals surface area contributed by atoms with Gasteiger partial charge in [0.1, 0.15) is 18.0 Å². The van der Waals surface area contributed by atoms with Gasteiger partial charge in [-0.2, -0.15) is 0 Å². The molecule has 2 N–H and O–H groups in total. The molecule has 0 saturated heterocycles. The van der Waals surface area contributed by atoms with Crippen molar-refractivity contribution in [3.63, 3.8) is 0 Å². The molecule has 7 heteroatoms. The van der Waals surface area contributed by atoms with Gasteiger partial charge in [0.2, 0.25) is 0 Å². The van der Waals surface area contributed by atoms with Gasteiger partial charge in [0.05, 0.1) is 5.52 Å². The van der Waals surface area contributed by atoms with Gasteiger partial charge >= 0.3 is 0 Å². The predicted octanol–water partition coefficient (Wildman–Crippen LogP) is 3.65. The number of anilines is 1. The summed E-state index contributed by atoms with van der Waals surface area (Å²) >= 11 is 5.96. The zero-order valence-corrected chi connectivity index (χ0v) is 14.1. The summed E-state index contributed by atoms with van der Waals surface area (Å²) in [5.41, 5.74) is 1.08. The maximum Gasteiger partial charge on any atom is 0.251 e. The molecule has 0 aliphatic heterocycles. The van der Waals surface area contributed by atoms with Crippen LogP contribution in [0.1, 0.15) is 16.8 Å². The van der Waals surface area contributed by atoms with E-state index in [1.807, 2.05) is 6.07 Å². The monoisotopic (exact) mass is 358 g/mol. The van der Waals surface area contributed by atoms with Crippen molar-refractivity contribution in [2.75, 3.05) is 18.4 Å². The molecule has 3 aromatic rings. The number of benzene rings is 2. The van der Waals surface area contributed by atoms with Crippen LogP contribution in [0.4, 0.5) is 10.2 Å². The minimum absolute atomic E-state index is 0.290. The van der Waals surface area contributed by atoms with Crippen LogP contribution in [0.2, 0.25) is 5.02 Å². The van der Waals surface area contributed by atoms with Gasteiger partial charge in [0.15, 0.2) is 0 Å². The van der Waals surface area contributed by atoms with Crippen molar-refractivity contribution in [1.82, 2.24) is 15.3 Å². The Morgan fingerprint density at radius 3 is 2.84 bits per heavy atom. The van der Waals surface area contributed by atoms with Crippen molar-refractivity contribution in [2.24, 2.45) is 0 Å². The van der Waals surface area contributed by atoms with Crippen LogP contribution in [0.25, 0.3) is 10.9 Å². The lowest BCUT2D eigenvalue weighted by Gasteiger charge is -2.09. The van der Waals surface area contributed by atoms with Crippen molar-refractivity contribution in [1.29, 1.82) is 0 Å². The number of halogens is 2. The molecule has 128 valence electrons. The molecule has 3 rings (SSSR count). The Hall–Kier alpha value is -2.73. The van der Waals surface area contributed by atoms with E-state index in [0.29, 0.717) is 30.1 Å². The quantitative estimate of drug-likeness (QED) is 0.660. The topological polar surface area (TPSA) is 66.9 Å². The summed E-state index contributed by atoms with van der Waals surface area (Å²) in [6.07, 6.45) is 2.17. The van der Waals surface area contributed by atoms with E-state index in [2.05, 4.69) is 20.6 Å². The average Bonchev–Trinajstić information content (AvgIpc) is 2.61. The Morgan fingerprint density at radius 1 is 1.12 bits per heavy atom. The molecular formula is C18H16ClFN4O. The molecular weight excluding hydrogens is 343 g/mol. The Kier molecular flexibility index (Phi) is 5.40. The van der Waals surface area contributed by atoms with Gasteiger partial charge in [-0.05, 0) is 42.8 Å². The Labute approximate surface area is 149 Å². The number of rotatable bonds is 6. The van der Waals surface area contributed by atoms with Gasteiger partial charge in [0.25, 0.3) is 5.91 Å². The van der Waals surface area contributed by atoms with Crippen molar-refractivity contribution in [3.8, 4) is 0 Å². The Balaban J connectivity index is 1.50. The van der Waals surface area contributed by atoms with Crippen LogP contribution >= 0.6 is 11.6 Å². The van der Waals surface area contributed by atoms with E-state index >= 15 is 0 Å². The van der Waals surface area contributed by atoms with Crippen LogP contribution in [0.15, 0.2) is 48.8 Å². The standard InChI is InChI=1S/C18H16ClFN4O/c19-13-5-6-15-16(10-13)23-11-24-17(15)21-7-2-8-22-18(25)12-3-1-4-14(20)9-12/h1,3-6,9-11H,2,7-8H2,(H,22,25)(H,21,23,24). The van der Waals surface area contributed by atoms with E-state index in [1.54, 1.807) is 18.2 Å². The zero-order chi connectivity index (χ0) is 17.6. The fraction of sp³-hybridized carbons (Fsp3) is 0.167. The van der Waals surface area contributed by atoms with Crippen molar-refractivity contribution in [2.45, 2.75) is 6.42 Å². The van der Waals surface area contributed by atoms with Crippen molar-refractivity contribution >= 4 is 34.2 Å². The number of aromatic nitrogens is 2. The highest BCUT2D eigenvalue weighted by molar-refractivity contribution is 6.31. The molecule has 0 saturated carbocycles. The van der Waals surface area contributed by atoms with Crippen LogP contribution in [0.3, 0.4) is 0 Å². The van der Waals surface area contributed by atoms with Crippen molar-refractivity contribution < 1.29 is 9.18 Å². The lowest BCUT2D eigenvalue weighted by molar-refractivity contribution is 0.0953. The van der Waals surface area contributed by atoms with Crippen LogP contribution < -0.4 is 10.6 Å². The minimum Gasteiger partial charge on any atom is -0.369 e. The molecule has 1 heterocycles. The number of hydrogen-bond donors (Lipinski definition) is 2. The number of fused-ring (bicyclic) bond motifs is 1. The predicted molar refractivity (Wildman–Crippen MR) is 96.4 cm³/mol. The van der Waals surface area contributed by atoms with E-state index in [0.717, 1.165) is 16.7 Å². The molecule has 0 spiro atoms. The number of carbonyl (C=O) groups excluding carboxylic acids is 1. The van der Waals surface area contributed by atoms with Gasteiger partial charge < -0.3 is 10.6 Å². The van der Waals surface area contributed by atoms with Crippen LogP contribution in [-0.4, -0.2) is 29.0 Å². The molecule has 5 nitrogen and oxygen atoms in total. The lowest BCUT2D eigenvalue weighted by atomic mass is 10.2. The largest absolute Gasteiger partial charge is 0.369 e. The summed E-state index contributed by atoms with van der Waals surface area (Å²) in [5, 5.41) is 7.49. The fourth-order valence-corrected chi connectivity index (χ4v) is 2.57. The summed E-state index contributed by atoms with van der Waals surface area (Å²) in [6, 6.07) is 11.0. The SMILES string of the molecule is O=C(NCCCNc1ncnc2cc(Cl)ccc12)c1cccc(F)c1. The van der Waals surface area contributed by atoms with Gasteiger partial charge in [-0.3, -0.25) is 4.79 Å². The lowest BCUT2D eigenvalue weighted by Crippen LogP contribution is -2.26. The van der Waals surface area contributed by atoms with E-state index in [4.69, 9.17) is 11.6 Å². The van der Waals surface area contributed by atoms with Crippen LogP contribution in [0.5, 0.6) is 0 Å². The van der Waals surface area contributed by atoms with Crippen LogP contribution in [-0.2, 0) is 0 Å². The van der Waals surface area contributed by atoms with E-state index in [9.17, 15) is 9.18 Å². The first-order valence-electron chi connectivity index (χ1n) is 7.81. The number of amides is 1. The molecule has 0 bridgehead atoms. The van der Waals surface area contributed by atoms with Gasteiger partial charge in [-0.1, -0.05) is 17.7 Å². The molecule has 2 aromatic carbocycles. The summed E-state index contributed by atoms with van der Waals surface area (Å²) < 4.78 is 13.1. The second-order valence-corrected chi connectivity index (χ2v) is 5.87. The highest BCUT2D eigenvalue weighted by atomic mass is 35.5. The summed E-state index contributed by atoms with van der Waals surface area (Å²) in [5.74, 6) is 0.00445. The molecule has 0 radical (unpaired) electrons. The number of hydrogen-bond acceptors (Lipinski definition) is 4. The fourth-order valence-electron chi connectivity index (χ4n) is 2.40.